The average Bonchev–Trinajstić information content (AvgIpc) is 3.34. The molecular weight excluding hydrogens is 486 g/mol. The zero-order valence-electron chi connectivity index (χ0n) is 20.7. The highest BCUT2D eigenvalue weighted by atomic mass is 19.4. The van der Waals surface area contributed by atoms with Crippen molar-refractivity contribution in [2.24, 2.45) is 0 Å². The van der Waals surface area contributed by atoms with E-state index >= 15 is 0 Å². The topological polar surface area (TPSA) is 84.9 Å². The van der Waals surface area contributed by atoms with Gasteiger partial charge in [-0.15, -0.1) is 0 Å². The van der Waals surface area contributed by atoms with Crippen molar-refractivity contribution in [2.45, 2.75) is 57.2 Å². The molecule has 2 fully saturated rings. The maximum Gasteiger partial charge on any atom is 0.419 e. The first-order valence-electron chi connectivity index (χ1n) is 12.8. The number of imidazole rings is 1. The van der Waals surface area contributed by atoms with Gasteiger partial charge in [-0.25, -0.2) is 19.3 Å². The van der Waals surface area contributed by atoms with E-state index in [4.69, 9.17) is 10.7 Å². The molecule has 0 saturated carbocycles. The molecule has 2 aliphatic heterocycles. The Morgan fingerprint density at radius 1 is 1.08 bits per heavy atom. The summed E-state index contributed by atoms with van der Waals surface area (Å²) in [5, 5.41) is 3.36. The summed E-state index contributed by atoms with van der Waals surface area (Å²) in [7, 11) is 0. The monoisotopic (exact) mass is 517 g/mol. The summed E-state index contributed by atoms with van der Waals surface area (Å²) < 4.78 is 56.2. The van der Waals surface area contributed by atoms with Crippen LogP contribution < -0.4 is 16.0 Å². The Balaban J connectivity index is 1.45. The number of nitrogens with one attached hydrogen (secondary N) is 1. The summed E-state index contributed by atoms with van der Waals surface area (Å²) in [6, 6.07) is 3.32. The van der Waals surface area contributed by atoms with Crippen molar-refractivity contribution in [3.8, 4) is 11.3 Å². The Labute approximate surface area is 213 Å². The first kappa shape index (κ1) is 25.4. The average molecular weight is 518 g/mol. The van der Waals surface area contributed by atoms with Crippen LogP contribution >= 0.6 is 0 Å². The van der Waals surface area contributed by atoms with Gasteiger partial charge in [0.25, 0.3) is 0 Å². The Morgan fingerprint density at radius 2 is 1.81 bits per heavy atom. The summed E-state index contributed by atoms with van der Waals surface area (Å²) in [6.07, 6.45) is 2.79. The highest BCUT2D eigenvalue weighted by Gasteiger charge is 2.35. The number of rotatable bonds is 5. The summed E-state index contributed by atoms with van der Waals surface area (Å²) in [5.41, 5.74) is 6.45. The number of hydrogen-bond acceptors (Lipinski definition) is 6. The van der Waals surface area contributed by atoms with E-state index in [2.05, 4.69) is 24.8 Å². The van der Waals surface area contributed by atoms with Crippen molar-refractivity contribution in [1.29, 1.82) is 0 Å². The number of benzene rings is 1. The van der Waals surface area contributed by atoms with E-state index in [0.717, 1.165) is 87.6 Å². The molecule has 0 amide bonds. The number of halogens is 4. The predicted molar refractivity (Wildman–Crippen MR) is 134 cm³/mol. The molecule has 5 rings (SSSR count). The quantitative estimate of drug-likeness (QED) is 0.466. The van der Waals surface area contributed by atoms with Gasteiger partial charge in [-0.05, 0) is 63.4 Å². The summed E-state index contributed by atoms with van der Waals surface area (Å²) in [5.74, 6) is 1.11. The molecule has 2 aromatic heterocycles. The van der Waals surface area contributed by atoms with Gasteiger partial charge in [0.2, 0.25) is 0 Å². The molecule has 0 radical (unpaired) electrons. The third kappa shape index (κ3) is 5.14. The number of nitrogen functional groups attached to an aromatic ring is 1. The minimum atomic E-state index is -4.77. The minimum Gasteiger partial charge on any atom is -0.383 e. The maximum absolute atomic E-state index is 13.9. The first-order chi connectivity index (χ1) is 17.8. The van der Waals surface area contributed by atoms with Gasteiger partial charge in [0, 0.05) is 42.4 Å². The molecule has 198 valence electrons. The van der Waals surface area contributed by atoms with E-state index in [0.29, 0.717) is 11.5 Å². The van der Waals surface area contributed by atoms with Crippen molar-refractivity contribution >= 4 is 11.6 Å². The summed E-state index contributed by atoms with van der Waals surface area (Å²) >= 11 is 0. The SMILES string of the molecule is CCc1c(N)ncnc1N1CCC(c2nc(-c3ccc(F)c(C(F)(F)F)c3)cn2C2CCNCC2)CC1. The van der Waals surface area contributed by atoms with E-state index in [9.17, 15) is 17.6 Å². The van der Waals surface area contributed by atoms with Crippen LogP contribution in [0, 0.1) is 5.82 Å². The minimum absolute atomic E-state index is 0.145. The zero-order chi connectivity index (χ0) is 26.2. The third-order valence-corrected chi connectivity index (χ3v) is 7.50. The van der Waals surface area contributed by atoms with Crippen LogP contribution in [0.4, 0.5) is 29.2 Å². The van der Waals surface area contributed by atoms with Crippen LogP contribution in [-0.2, 0) is 12.6 Å². The Kier molecular flexibility index (Phi) is 7.06. The molecular formula is C26H31F4N7. The zero-order valence-corrected chi connectivity index (χ0v) is 20.7. The second-order valence-electron chi connectivity index (χ2n) is 9.74. The molecule has 2 saturated heterocycles. The normalized spacial score (nSPS) is 17.9. The fourth-order valence-electron chi connectivity index (χ4n) is 5.51. The molecule has 0 bridgehead atoms. The van der Waals surface area contributed by atoms with Crippen LogP contribution in [0.2, 0.25) is 0 Å². The second kappa shape index (κ2) is 10.3. The fraction of sp³-hybridized carbons (Fsp3) is 0.500. The van der Waals surface area contributed by atoms with E-state index in [1.165, 1.54) is 12.4 Å². The molecule has 2 aliphatic rings. The first-order valence-corrected chi connectivity index (χ1v) is 12.8. The molecule has 11 heteroatoms. The van der Waals surface area contributed by atoms with Gasteiger partial charge in [0.15, 0.2) is 0 Å². The van der Waals surface area contributed by atoms with Crippen molar-refractivity contribution < 1.29 is 17.6 Å². The molecule has 3 N–H and O–H groups in total. The van der Waals surface area contributed by atoms with Gasteiger partial charge in [0.05, 0.1) is 11.3 Å². The summed E-state index contributed by atoms with van der Waals surface area (Å²) in [4.78, 5) is 15.7. The van der Waals surface area contributed by atoms with Gasteiger partial charge in [-0.2, -0.15) is 13.2 Å². The molecule has 1 aromatic carbocycles. The van der Waals surface area contributed by atoms with Crippen LogP contribution in [0.25, 0.3) is 11.3 Å². The Hall–Kier alpha value is -3.21. The van der Waals surface area contributed by atoms with Gasteiger partial charge in [-0.3, -0.25) is 0 Å². The molecule has 0 unspecified atom stereocenters. The molecule has 0 atom stereocenters. The van der Waals surface area contributed by atoms with Crippen LogP contribution in [0.1, 0.15) is 61.5 Å². The fourth-order valence-corrected chi connectivity index (χ4v) is 5.51. The van der Waals surface area contributed by atoms with Gasteiger partial charge in [-0.1, -0.05) is 6.92 Å². The largest absolute Gasteiger partial charge is 0.419 e. The van der Waals surface area contributed by atoms with E-state index < -0.39 is 17.6 Å². The number of anilines is 2. The lowest BCUT2D eigenvalue weighted by Gasteiger charge is -2.35. The lowest BCUT2D eigenvalue weighted by molar-refractivity contribution is -0.139. The van der Waals surface area contributed by atoms with E-state index in [1.54, 1.807) is 0 Å². The van der Waals surface area contributed by atoms with Crippen molar-refractivity contribution in [2.75, 3.05) is 36.8 Å². The molecule has 0 aliphatic carbocycles. The highest BCUT2D eigenvalue weighted by Crippen LogP contribution is 2.38. The number of alkyl halides is 3. The molecule has 3 aromatic rings. The molecule has 7 nitrogen and oxygen atoms in total. The summed E-state index contributed by atoms with van der Waals surface area (Å²) in [6.45, 7) is 5.30. The van der Waals surface area contributed by atoms with Crippen LogP contribution in [-0.4, -0.2) is 45.7 Å². The number of piperidine rings is 2. The lowest BCUT2D eigenvalue weighted by atomic mass is 9.94. The highest BCUT2D eigenvalue weighted by molar-refractivity contribution is 5.61. The standard InChI is InChI=1S/C26H31F4N7/c1-2-19-23(31)33-15-34-25(19)36-11-7-16(8-12-36)24-35-22(14-37(24)18-5-9-32-10-6-18)17-3-4-21(27)20(13-17)26(28,29)30/h3-4,13-16,18,32H,2,5-12H2,1H3,(H2,31,33,34). The van der Waals surface area contributed by atoms with E-state index in [-0.39, 0.29) is 17.5 Å². The van der Waals surface area contributed by atoms with Crippen molar-refractivity contribution in [3.05, 3.63) is 53.5 Å². The number of hydrogen-bond donors (Lipinski definition) is 2. The molecule has 0 spiro atoms. The molecule has 4 heterocycles. The lowest BCUT2D eigenvalue weighted by Crippen LogP contribution is -2.36. The Morgan fingerprint density at radius 3 is 2.49 bits per heavy atom. The van der Waals surface area contributed by atoms with Crippen molar-refractivity contribution in [1.82, 2.24) is 24.8 Å². The van der Waals surface area contributed by atoms with Gasteiger partial charge in [0.1, 0.15) is 29.6 Å². The van der Waals surface area contributed by atoms with E-state index in [1.807, 2.05) is 13.1 Å². The Bertz CT molecular complexity index is 1240. The number of nitrogens with two attached hydrogens (primary N) is 1. The van der Waals surface area contributed by atoms with Crippen molar-refractivity contribution in [3.63, 3.8) is 0 Å². The van der Waals surface area contributed by atoms with Gasteiger partial charge >= 0.3 is 6.18 Å². The van der Waals surface area contributed by atoms with Crippen LogP contribution in [0.15, 0.2) is 30.7 Å². The van der Waals surface area contributed by atoms with Gasteiger partial charge < -0.3 is 20.5 Å². The smallest absolute Gasteiger partial charge is 0.383 e. The maximum atomic E-state index is 13.9. The predicted octanol–water partition coefficient (Wildman–Crippen LogP) is 4.95. The van der Waals surface area contributed by atoms with Crippen LogP contribution in [0.5, 0.6) is 0 Å². The number of nitrogens with zero attached hydrogens (tertiary/aromatic N) is 5. The number of aromatic nitrogens is 4. The third-order valence-electron chi connectivity index (χ3n) is 7.50. The van der Waals surface area contributed by atoms with Crippen LogP contribution in [0.3, 0.4) is 0 Å². The second-order valence-corrected chi connectivity index (χ2v) is 9.74. The molecule has 37 heavy (non-hydrogen) atoms.